The molecule has 11 heavy (non-hydrogen) atoms. The van der Waals surface area contributed by atoms with E-state index in [0.29, 0.717) is 16.1 Å². The van der Waals surface area contributed by atoms with Gasteiger partial charge in [-0.2, -0.15) is 0 Å². The molecule has 0 aromatic carbocycles. The Balaban J connectivity index is 2.12. The third kappa shape index (κ3) is 1.10. The molecule has 2 N–H and O–H groups in total. The lowest BCUT2D eigenvalue weighted by Crippen LogP contribution is -2.29. The van der Waals surface area contributed by atoms with E-state index in [1.165, 1.54) is 6.42 Å². The maximum absolute atomic E-state index is 9.54. The number of aliphatic hydroxyl groups excluding tert-OH is 2. The number of rotatable bonds is 0. The minimum Gasteiger partial charge on any atom is -0.385 e. The van der Waals surface area contributed by atoms with Crippen LogP contribution in [0.5, 0.6) is 0 Å². The minimum atomic E-state index is -0.425. The van der Waals surface area contributed by atoms with Gasteiger partial charge in [-0.15, -0.1) is 0 Å². The standard InChI is InChI=1S/C8H15O2S/c1-5-2-3-7-8(10)6(9)4-11(5)7/h5-10H,2-4H2,1H3/q+1/t5-,6+,7+,8-,11?/m0/s1. The van der Waals surface area contributed by atoms with Crippen molar-refractivity contribution < 1.29 is 10.2 Å². The number of fused-ring (bicyclic) bond motifs is 1. The molecule has 0 aromatic rings. The lowest BCUT2D eigenvalue weighted by molar-refractivity contribution is 0.0408. The second-order valence-electron chi connectivity index (χ2n) is 3.62. The van der Waals surface area contributed by atoms with Crippen LogP contribution in [0.2, 0.25) is 0 Å². The van der Waals surface area contributed by atoms with Crippen LogP contribution in [0, 0.1) is 0 Å². The fourth-order valence-corrected chi connectivity index (χ4v) is 5.36. The summed E-state index contributed by atoms with van der Waals surface area (Å²) < 4.78 is 0. The number of hydrogen-bond acceptors (Lipinski definition) is 2. The predicted molar refractivity (Wildman–Crippen MR) is 46.7 cm³/mol. The summed E-state index contributed by atoms with van der Waals surface area (Å²) >= 11 is 0. The normalized spacial score (nSPS) is 56.5. The van der Waals surface area contributed by atoms with Gasteiger partial charge in [-0.25, -0.2) is 0 Å². The van der Waals surface area contributed by atoms with Crippen LogP contribution in [-0.4, -0.2) is 38.7 Å². The summed E-state index contributed by atoms with van der Waals surface area (Å²) in [5.41, 5.74) is 0. The summed E-state index contributed by atoms with van der Waals surface area (Å²) in [6.45, 7) is 2.24. The fraction of sp³-hybridized carbons (Fsp3) is 1.00. The molecule has 1 unspecified atom stereocenters. The van der Waals surface area contributed by atoms with Crippen molar-refractivity contribution >= 4 is 10.9 Å². The molecule has 5 atom stereocenters. The first-order valence-electron chi connectivity index (χ1n) is 4.25. The van der Waals surface area contributed by atoms with E-state index in [-0.39, 0.29) is 0 Å². The van der Waals surface area contributed by atoms with Crippen molar-refractivity contribution in [1.82, 2.24) is 0 Å². The highest BCUT2D eigenvalue weighted by molar-refractivity contribution is 7.98. The van der Waals surface area contributed by atoms with E-state index in [2.05, 4.69) is 6.92 Å². The number of hydrogen-bond donors (Lipinski definition) is 2. The van der Waals surface area contributed by atoms with E-state index >= 15 is 0 Å². The summed E-state index contributed by atoms with van der Waals surface area (Å²) in [7, 11) is 0.327. The quantitative estimate of drug-likeness (QED) is 0.504. The lowest BCUT2D eigenvalue weighted by atomic mass is 10.1. The molecule has 0 aliphatic carbocycles. The highest BCUT2D eigenvalue weighted by Gasteiger charge is 2.55. The van der Waals surface area contributed by atoms with Crippen LogP contribution < -0.4 is 0 Å². The molecule has 0 aromatic heterocycles. The van der Waals surface area contributed by atoms with Gasteiger partial charge in [-0.05, 0) is 24.2 Å². The topological polar surface area (TPSA) is 40.5 Å². The van der Waals surface area contributed by atoms with Gasteiger partial charge in [-0.1, -0.05) is 0 Å². The third-order valence-electron chi connectivity index (χ3n) is 2.90. The molecule has 2 heterocycles. The Hall–Kier alpha value is 0.270. The SMILES string of the molecule is C[C@H]1CC[C@@H]2[C@@H](O)[C@H](O)C[S+]21. The van der Waals surface area contributed by atoms with E-state index in [1.807, 2.05) is 0 Å². The monoisotopic (exact) mass is 175 g/mol. The second-order valence-corrected chi connectivity index (χ2v) is 6.30. The zero-order valence-electron chi connectivity index (χ0n) is 6.73. The zero-order valence-corrected chi connectivity index (χ0v) is 7.55. The molecule has 0 radical (unpaired) electrons. The van der Waals surface area contributed by atoms with Gasteiger partial charge in [0.15, 0.2) is 0 Å². The maximum atomic E-state index is 9.54. The van der Waals surface area contributed by atoms with E-state index < -0.39 is 12.2 Å². The van der Waals surface area contributed by atoms with Crippen molar-refractivity contribution in [2.75, 3.05) is 5.75 Å². The third-order valence-corrected chi connectivity index (χ3v) is 6.19. The molecule has 0 saturated carbocycles. The van der Waals surface area contributed by atoms with Gasteiger partial charge in [0.1, 0.15) is 28.5 Å². The predicted octanol–water partition coefficient (Wildman–Crippen LogP) is -0.109. The second kappa shape index (κ2) is 2.64. The first-order chi connectivity index (χ1) is 5.20. The Bertz CT molecular complexity index is 162. The fourth-order valence-electron chi connectivity index (χ4n) is 2.18. The molecule has 0 spiro atoms. The summed E-state index contributed by atoms with van der Waals surface area (Å²) in [5, 5.41) is 20.1. The van der Waals surface area contributed by atoms with Crippen LogP contribution in [0.4, 0.5) is 0 Å². The van der Waals surface area contributed by atoms with E-state index in [9.17, 15) is 10.2 Å². The van der Waals surface area contributed by atoms with Crippen molar-refractivity contribution in [1.29, 1.82) is 0 Å². The van der Waals surface area contributed by atoms with Crippen LogP contribution in [0.3, 0.4) is 0 Å². The Morgan fingerprint density at radius 1 is 1.27 bits per heavy atom. The van der Waals surface area contributed by atoms with Crippen LogP contribution in [0.15, 0.2) is 0 Å². The molecule has 2 fully saturated rings. The largest absolute Gasteiger partial charge is 0.385 e. The van der Waals surface area contributed by atoms with E-state index in [4.69, 9.17) is 0 Å². The lowest BCUT2D eigenvalue weighted by Gasteiger charge is -2.06. The van der Waals surface area contributed by atoms with Gasteiger partial charge in [0.25, 0.3) is 0 Å². The van der Waals surface area contributed by atoms with Crippen LogP contribution >= 0.6 is 0 Å². The van der Waals surface area contributed by atoms with Crippen LogP contribution in [-0.2, 0) is 10.9 Å². The molecule has 2 saturated heterocycles. The van der Waals surface area contributed by atoms with Gasteiger partial charge in [0.05, 0.1) is 0 Å². The average Bonchev–Trinajstić information content (AvgIpc) is 2.43. The molecule has 2 aliphatic heterocycles. The average molecular weight is 175 g/mol. The molecular formula is C8H15O2S+. The molecule has 3 heteroatoms. The van der Waals surface area contributed by atoms with E-state index in [1.54, 1.807) is 0 Å². The van der Waals surface area contributed by atoms with E-state index in [0.717, 1.165) is 17.4 Å². The van der Waals surface area contributed by atoms with Crippen LogP contribution in [0.1, 0.15) is 19.8 Å². The molecular weight excluding hydrogens is 160 g/mol. The minimum absolute atomic E-state index is 0.327. The highest BCUT2D eigenvalue weighted by atomic mass is 32.2. The summed E-state index contributed by atoms with van der Waals surface area (Å²) in [4.78, 5) is 0. The molecule has 2 aliphatic rings. The Morgan fingerprint density at radius 3 is 2.64 bits per heavy atom. The van der Waals surface area contributed by atoms with Crippen molar-refractivity contribution in [2.24, 2.45) is 0 Å². The van der Waals surface area contributed by atoms with Crippen molar-refractivity contribution in [2.45, 2.75) is 42.5 Å². The molecule has 2 nitrogen and oxygen atoms in total. The highest BCUT2D eigenvalue weighted by Crippen LogP contribution is 2.37. The molecule has 2 rings (SSSR count). The Labute approximate surface area is 70.0 Å². The van der Waals surface area contributed by atoms with Gasteiger partial charge in [0, 0.05) is 6.42 Å². The molecule has 64 valence electrons. The van der Waals surface area contributed by atoms with Crippen molar-refractivity contribution in [3.05, 3.63) is 0 Å². The molecule has 0 bridgehead atoms. The van der Waals surface area contributed by atoms with Crippen molar-refractivity contribution in [3.63, 3.8) is 0 Å². The first-order valence-corrected chi connectivity index (χ1v) is 5.77. The smallest absolute Gasteiger partial charge is 0.147 e. The Kier molecular flexibility index (Phi) is 1.90. The van der Waals surface area contributed by atoms with Gasteiger partial charge in [-0.3, -0.25) is 0 Å². The Morgan fingerprint density at radius 2 is 2.00 bits per heavy atom. The van der Waals surface area contributed by atoms with Crippen LogP contribution in [0.25, 0.3) is 0 Å². The molecule has 0 amide bonds. The van der Waals surface area contributed by atoms with Gasteiger partial charge < -0.3 is 10.2 Å². The zero-order chi connectivity index (χ0) is 8.01. The number of aliphatic hydroxyl groups is 2. The first kappa shape index (κ1) is 7.90. The summed E-state index contributed by atoms with van der Waals surface area (Å²) in [6, 6.07) is 0. The van der Waals surface area contributed by atoms with Gasteiger partial charge in [0.2, 0.25) is 0 Å². The van der Waals surface area contributed by atoms with Crippen molar-refractivity contribution in [3.8, 4) is 0 Å². The van der Waals surface area contributed by atoms with Gasteiger partial charge >= 0.3 is 0 Å². The maximum Gasteiger partial charge on any atom is 0.147 e. The summed E-state index contributed by atoms with van der Waals surface area (Å²) in [6.07, 6.45) is 1.54. The summed E-state index contributed by atoms with van der Waals surface area (Å²) in [5.74, 6) is 0.854.